The number of ether oxygens (including phenoxy) is 1. The largest absolute Gasteiger partial charge is 0.465 e. The molecule has 3 N–H and O–H groups in total. The molecule has 1 aliphatic carbocycles. The van der Waals surface area contributed by atoms with Gasteiger partial charge in [-0.15, -0.1) is 12.4 Å². The van der Waals surface area contributed by atoms with Crippen LogP contribution >= 0.6 is 12.4 Å². The molecule has 1 unspecified atom stereocenters. The summed E-state index contributed by atoms with van der Waals surface area (Å²) in [5, 5.41) is 0. The van der Waals surface area contributed by atoms with E-state index in [1.165, 1.54) is 31.4 Å². The Balaban J connectivity index is 0.00000243. The molecular weight excluding hydrogens is 376 g/mol. The first-order valence-electron chi connectivity index (χ1n) is 8.00. The molecule has 0 bridgehead atoms. The fourth-order valence-corrected chi connectivity index (χ4v) is 4.35. The number of nitrogens with two attached hydrogens (primary N) is 1. The third kappa shape index (κ3) is 4.17. The number of carbonyl (C=O) groups excluding carboxylic acids is 1. The topological polar surface area (TPSA) is 98.5 Å². The smallest absolute Gasteiger partial charge is 0.337 e. The molecule has 1 atom stereocenters. The van der Waals surface area contributed by atoms with Crippen LogP contribution in [-0.4, -0.2) is 21.5 Å². The Hall–Kier alpha value is -2.09. The number of nitrogens with one attached hydrogen (secondary N) is 1. The van der Waals surface area contributed by atoms with Crippen molar-refractivity contribution in [2.24, 2.45) is 0 Å². The van der Waals surface area contributed by atoms with Crippen LogP contribution in [0.3, 0.4) is 0 Å². The van der Waals surface area contributed by atoms with Crippen LogP contribution in [0.2, 0.25) is 0 Å². The van der Waals surface area contributed by atoms with Crippen molar-refractivity contribution in [1.82, 2.24) is 4.72 Å². The molecule has 140 valence electrons. The minimum atomic E-state index is -3.70. The van der Waals surface area contributed by atoms with Crippen molar-refractivity contribution in [3.05, 3.63) is 59.2 Å². The lowest BCUT2D eigenvalue weighted by Gasteiger charge is -2.26. The Bertz CT molecular complexity index is 898. The number of esters is 1. The van der Waals surface area contributed by atoms with Gasteiger partial charge in [-0.3, -0.25) is 0 Å². The van der Waals surface area contributed by atoms with Crippen LogP contribution in [0, 0.1) is 0 Å². The van der Waals surface area contributed by atoms with Crippen LogP contribution in [0.15, 0.2) is 47.4 Å². The molecule has 0 aromatic heterocycles. The summed E-state index contributed by atoms with van der Waals surface area (Å²) >= 11 is 0. The molecule has 3 rings (SSSR count). The highest BCUT2D eigenvalue weighted by molar-refractivity contribution is 7.89. The summed E-state index contributed by atoms with van der Waals surface area (Å²) in [6.45, 7) is 0. The van der Waals surface area contributed by atoms with E-state index in [0.29, 0.717) is 11.3 Å². The highest BCUT2D eigenvalue weighted by Gasteiger charge is 2.26. The van der Waals surface area contributed by atoms with Gasteiger partial charge in [0.15, 0.2) is 0 Å². The van der Waals surface area contributed by atoms with Crippen LogP contribution in [-0.2, 0) is 21.2 Å². The van der Waals surface area contributed by atoms with Gasteiger partial charge < -0.3 is 10.5 Å². The number of rotatable bonds is 4. The van der Waals surface area contributed by atoms with E-state index in [1.54, 1.807) is 6.07 Å². The second-order valence-corrected chi connectivity index (χ2v) is 7.75. The number of benzene rings is 2. The van der Waals surface area contributed by atoms with Crippen LogP contribution in [0.4, 0.5) is 5.69 Å². The van der Waals surface area contributed by atoms with Crippen molar-refractivity contribution in [3.8, 4) is 0 Å². The van der Waals surface area contributed by atoms with Gasteiger partial charge in [0.1, 0.15) is 0 Å². The number of hydrogen-bond donors (Lipinski definition) is 2. The molecule has 2 aromatic rings. The Morgan fingerprint density at radius 1 is 1.19 bits per heavy atom. The average Bonchev–Trinajstić information content (AvgIpc) is 2.61. The van der Waals surface area contributed by atoms with Gasteiger partial charge in [0, 0.05) is 11.7 Å². The standard InChI is InChI=1S/C18H20N2O4S.ClH/c1-24-18(21)12-5-8-15(9-6-12)25(22,23)20-17-4-2-3-13-11-14(19)7-10-16(13)17;/h5-11,17,20H,2-4,19H2,1H3;1H. The van der Waals surface area contributed by atoms with Gasteiger partial charge in [-0.2, -0.15) is 0 Å². The quantitative estimate of drug-likeness (QED) is 0.611. The van der Waals surface area contributed by atoms with Crippen molar-refractivity contribution in [1.29, 1.82) is 0 Å². The van der Waals surface area contributed by atoms with Gasteiger partial charge in [0.05, 0.1) is 17.6 Å². The first kappa shape index (κ1) is 20.2. The molecule has 0 aliphatic heterocycles. The normalized spacial score (nSPS) is 16.3. The summed E-state index contributed by atoms with van der Waals surface area (Å²) < 4.78 is 32.7. The molecule has 0 saturated heterocycles. The number of sulfonamides is 1. The van der Waals surface area contributed by atoms with E-state index in [-0.39, 0.29) is 23.3 Å². The third-order valence-corrected chi connectivity index (χ3v) is 5.85. The molecule has 0 amide bonds. The zero-order valence-electron chi connectivity index (χ0n) is 14.3. The van der Waals surface area contributed by atoms with Crippen LogP contribution in [0.25, 0.3) is 0 Å². The average molecular weight is 397 g/mol. The maximum atomic E-state index is 12.7. The van der Waals surface area contributed by atoms with Gasteiger partial charge >= 0.3 is 5.97 Å². The number of hydrogen-bond acceptors (Lipinski definition) is 5. The number of fused-ring (bicyclic) bond motifs is 1. The number of carbonyl (C=O) groups is 1. The number of nitrogen functional groups attached to an aromatic ring is 1. The molecule has 8 heteroatoms. The molecule has 0 saturated carbocycles. The molecule has 6 nitrogen and oxygen atoms in total. The molecular formula is C18H21ClN2O4S. The summed E-state index contributed by atoms with van der Waals surface area (Å²) in [6, 6.07) is 11.0. The molecule has 0 fully saturated rings. The second kappa shape index (κ2) is 8.07. The zero-order valence-corrected chi connectivity index (χ0v) is 15.9. The minimum absolute atomic E-state index is 0. The summed E-state index contributed by atoms with van der Waals surface area (Å²) in [7, 11) is -2.42. The fourth-order valence-electron chi connectivity index (χ4n) is 3.10. The van der Waals surface area contributed by atoms with Crippen LogP contribution in [0.5, 0.6) is 0 Å². The number of anilines is 1. The van der Waals surface area contributed by atoms with Crippen LogP contribution < -0.4 is 10.5 Å². The minimum Gasteiger partial charge on any atom is -0.465 e. The van der Waals surface area contributed by atoms with E-state index in [1.807, 2.05) is 12.1 Å². The Morgan fingerprint density at radius 3 is 2.54 bits per heavy atom. The van der Waals surface area contributed by atoms with E-state index >= 15 is 0 Å². The lowest BCUT2D eigenvalue weighted by atomic mass is 9.88. The lowest BCUT2D eigenvalue weighted by molar-refractivity contribution is 0.0600. The van der Waals surface area contributed by atoms with Gasteiger partial charge in [0.2, 0.25) is 10.0 Å². The number of methoxy groups -OCH3 is 1. The first-order chi connectivity index (χ1) is 11.9. The Morgan fingerprint density at radius 2 is 1.88 bits per heavy atom. The zero-order chi connectivity index (χ0) is 18.0. The molecule has 0 radical (unpaired) electrons. The summed E-state index contributed by atoms with van der Waals surface area (Å²) in [5.74, 6) is -0.504. The highest BCUT2D eigenvalue weighted by Crippen LogP contribution is 2.32. The maximum absolute atomic E-state index is 12.7. The van der Waals surface area contributed by atoms with E-state index < -0.39 is 16.0 Å². The summed E-state index contributed by atoms with van der Waals surface area (Å²) in [5.41, 5.74) is 8.86. The van der Waals surface area contributed by atoms with Crippen LogP contribution in [0.1, 0.15) is 40.4 Å². The van der Waals surface area contributed by atoms with Gasteiger partial charge in [-0.1, -0.05) is 6.07 Å². The van der Waals surface area contributed by atoms with E-state index in [2.05, 4.69) is 9.46 Å². The van der Waals surface area contributed by atoms with Gasteiger partial charge in [-0.25, -0.2) is 17.9 Å². The molecule has 0 heterocycles. The molecule has 26 heavy (non-hydrogen) atoms. The third-order valence-electron chi connectivity index (χ3n) is 4.36. The Kier molecular flexibility index (Phi) is 6.28. The fraction of sp³-hybridized carbons (Fsp3) is 0.278. The van der Waals surface area contributed by atoms with Gasteiger partial charge in [0.25, 0.3) is 0 Å². The molecule has 2 aromatic carbocycles. The predicted octanol–water partition coefficient (Wildman–Crippen LogP) is 2.83. The predicted molar refractivity (Wildman–Crippen MR) is 102 cm³/mol. The van der Waals surface area contributed by atoms with E-state index in [4.69, 9.17) is 5.73 Å². The first-order valence-corrected chi connectivity index (χ1v) is 9.48. The summed E-state index contributed by atoms with van der Waals surface area (Å²) in [4.78, 5) is 11.6. The number of aryl methyl sites for hydroxylation is 1. The molecule has 0 spiro atoms. The van der Waals surface area contributed by atoms with Crippen molar-refractivity contribution in [2.45, 2.75) is 30.2 Å². The maximum Gasteiger partial charge on any atom is 0.337 e. The molecule has 1 aliphatic rings. The van der Waals surface area contributed by atoms with E-state index in [0.717, 1.165) is 30.4 Å². The van der Waals surface area contributed by atoms with Crippen molar-refractivity contribution in [2.75, 3.05) is 12.8 Å². The summed E-state index contributed by atoms with van der Waals surface area (Å²) in [6.07, 6.45) is 2.52. The monoisotopic (exact) mass is 396 g/mol. The van der Waals surface area contributed by atoms with Gasteiger partial charge in [-0.05, 0) is 66.8 Å². The van der Waals surface area contributed by atoms with E-state index in [9.17, 15) is 13.2 Å². The number of halogens is 1. The Labute approximate surface area is 159 Å². The second-order valence-electron chi connectivity index (χ2n) is 6.04. The SMILES string of the molecule is COC(=O)c1ccc(S(=O)(=O)NC2CCCc3cc(N)ccc32)cc1.Cl. The lowest BCUT2D eigenvalue weighted by Crippen LogP contribution is -2.31. The van der Waals surface area contributed by atoms with Crippen molar-refractivity contribution >= 4 is 34.1 Å². The highest BCUT2D eigenvalue weighted by atomic mass is 35.5. The van der Waals surface area contributed by atoms with Crippen molar-refractivity contribution < 1.29 is 17.9 Å². The van der Waals surface area contributed by atoms with Crippen molar-refractivity contribution in [3.63, 3.8) is 0 Å².